The number of pyridine rings is 1. The first-order valence-electron chi connectivity index (χ1n) is 7.30. The maximum atomic E-state index is 12.0. The van der Waals surface area contributed by atoms with E-state index < -0.39 is 0 Å². The molecule has 6 heteroatoms. The normalized spacial score (nSPS) is 10.5. The lowest BCUT2D eigenvalue weighted by atomic mass is 10.1. The summed E-state index contributed by atoms with van der Waals surface area (Å²) in [6.07, 6.45) is 3.82. The van der Waals surface area contributed by atoms with Gasteiger partial charge in [0.15, 0.2) is 0 Å². The summed E-state index contributed by atoms with van der Waals surface area (Å²) in [6.45, 7) is 2.42. The second kappa shape index (κ2) is 6.83. The highest BCUT2D eigenvalue weighted by Crippen LogP contribution is 2.15. The lowest BCUT2D eigenvalue weighted by Gasteiger charge is -2.03. The number of nitrogens with one attached hydrogen (secondary N) is 1. The number of hydrogen-bond acceptors (Lipinski definition) is 5. The number of carbonyl (C=O) groups is 1. The third kappa shape index (κ3) is 3.79. The number of nitrogens with zero attached hydrogens (tertiary/aromatic N) is 3. The quantitative estimate of drug-likeness (QED) is 0.783. The van der Waals surface area contributed by atoms with Gasteiger partial charge in [-0.25, -0.2) is 0 Å². The molecule has 1 aromatic carbocycles. The van der Waals surface area contributed by atoms with Crippen LogP contribution in [0, 0.1) is 6.92 Å². The van der Waals surface area contributed by atoms with E-state index in [4.69, 9.17) is 4.42 Å². The van der Waals surface area contributed by atoms with Gasteiger partial charge in [0.1, 0.15) is 0 Å². The van der Waals surface area contributed by atoms with E-state index in [0.29, 0.717) is 30.3 Å². The van der Waals surface area contributed by atoms with Crippen molar-refractivity contribution in [2.45, 2.75) is 13.3 Å². The van der Waals surface area contributed by atoms with Gasteiger partial charge in [-0.1, -0.05) is 17.7 Å². The standard InChI is InChI=1S/C17H16N4O2/c1-12-4-6-13(7-5-12)16(22)19-10-8-15-20-21-17(23-15)14-3-2-9-18-11-14/h2-7,9,11H,8,10H2,1H3,(H,19,22). The molecule has 116 valence electrons. The summed E-state index contributed by atoms with van der Waals surface area (Å²) in [4.78, 5) is 16.0. The van der Waals surface area contributed by atoms with Crippen LogP contribution in [0.5, 0.6) is 0 Å². The lowest BCUT2D eigenvalue weighted by Crippen LogP contribution is -2.25. The molecule has 0 saturated heterocycles. The molecule has 0 fully saturated rings. The maximum absolute atomic E-state index is 12.0. The van der Waals surface area contributed by atoms with Crippen LogP contribution in [-0.2, 0) is 6.42 Å². The summed E-state index contributed by atoms with van der Waals surface area (Å²) in [5.41, 5.74) is 2.53. The van der Waals surface area contributed by atoms with E-state index >= 15 is 0 Å². The molecule has 0 unspecified atom stereocenters. The Labute approximate surface area is 133 Å². The fourth-order valence-corrected chi connectivity index (χ4v) is 2.05. The molecule has 0 spiro atoms. The highest BCUT2D eigenvalue weighted by atomic mass is 16.4. The van der Waals surface area contributed by atoms with Crippen LogP contribution >= 0.6 is 0 Å². The first kappa shape index (κ1) is 14.9. The predicted octanol–water partition coefficient (Wildman–Crippen LogP) is 2.41. The monoisotopic (exact) mass is 308 g/mol. The molecule has 0 aliphatic heterocycles. The molecular weight excluding hydrogens is 292 g/mol. The second-order valence-corrected chi connectivity index (χ2v) is 5.11. The van der Waals surface area contributed by atoms with Gasteiger partial charge in [0.25, 0.3) is 5.91 Å². The van der Waals surface area contributed by atoms with Crippen molar-refractivity contribution in [3.8, 4) is 11.5 Å². The van der Waals surface area contributed by atoms with Gasteiger partial charge in [0, 0.05) is 30.9 Å². The Kier molecular flexibility index (Phi) is 4.42. The molecule has 1 amide bonds. The number of benzene rings is 1. The molecule has 1 N–H and O–H groups in total. The van der Waals surface area contributed by atoms with E-state index in [9.17, 15) is 4.79 Å². The van der Waals surface area contributed by atoms with Crippen LogP contribution < -0.4 is 5.32 Å². The molecule has 0 atom stereocenters. The number of aromatic nitrogens is 3. The maximum Gasteiger partial charge on any atom is 0.251 e. The fraction of sp³-hybridized carbons (Fsp3) is 0.176. The van der Waals surface area contributed by atoms with Gasteiger partial charge in [0.05, 0.1) is 5.56 Å². The molecule has 0 aliphatic rings. The zero-order chi connectivity index (χ0) is 16.1. The van der Waals surface area contributed by atoms with E-state index in [0.717, 1.165) is 11.1 Å². The van der Waals surface area contributed by atoms with Gasteiger partial charge in [-0.05, 0) is 31.2 Å². The number of rotatable bonds is 5. The molecule has 23 heavy (non-hydrogen) atoms. The summed E-state index contributed by atoms with van der Waals surface area (Å²) >= 11 is 0. The van der Waals surface area contributed by atoms with E-state index in [1.165, 1.54) is 0 Å². The molecule has 2 heterocycles. The smallest absolute Gasteiger partial charge is 0.251 e. The van der Waals surface area contributed by atoms with Gasteiger partial charge in [0.2, 0.25) is 11.8 Å². The van der Waals surface area contributed by atoms with E-state index in [1.807, 2.05) is 25.1 Å². The molecular formula is C17H16N4O2. The largest absolute Gasteiger partial charge is 0.421 e. The predicted molar refractivity (Wildman–Crippen MR) is 84.7 cm³/mol. The van der Waals surface area contributed by atoms with Crippen molar-refractivity contribution in [3.05, 3.63) is 65.8 Å². The Morgan fingerprint density at radius 2 is 2.00 bits per heavy atom. The first-order valence-corrected chi connectivity index (χ1v) is 7.30. The van der Waals surface area contributed by atoms with Crippen LogP contribution in [0.4, 0.5) is 0 Å². The van der Waals surface area contributed by atoms with Gasteiger partial charge in [-0.2, -0.15) is 0 Å². The summed E-state index contributed by atoms with van der Waals surface area (Å²) in [5.74, 6) is 0.794. The van der Waals surface area contributed by atoms with E-state index in [-0.39, 0.29) is 5.91 Å². The molecule has 0 aliphatic carbocycles. The average Bonchev–Trinajstić information content (AvgIpc) is 3.05. The molecule has 3 rings (SSSR count). The topological polar surface area (TPSA) is 80.9 Å². The molecule has 0 radical (unpaired) electrons. The third-order valence-electron chi connectivity index (χ3n) is 3.31. The highest BCUT2D eigenvalue weighted by Gasteiger charge is 2.09. The van der Waals surface area contributed by atoms with Gasteiger partial charge in [-0.15, -0.1) is 10.2 Å². The van der Waals surface area contributed by atoms with Crippen LogP contribution in [0.15, 0.2) is 53.2 Å². The molecule has 0 saturated carbocycles. The van der Waals surface area contributed by atoms with Gasteiger partial charge < -0.3 is 9.73 Å². The first-order chi connectivity index (χ1) is 11.2. The number of amides is 1. The minimum absolute atomic E-state index is 0.114. The van der Waals surface area contributed by atoms with Crippen molar-refractivity contribution in [2.24, 2.45) is 0 Å². The second-order valence-electron chi connectivity index (χ2n) is 5.11. The Hall–Kier alpha value is -3.02. The number of aryl methyl sites for hydroxylation is 1. The Balaban J connectivity index is 1.54. The Morgan fingerprint density at radius 3 is 2.74 bits per heavy atom. The lowest BCUT2D eigenvalue weighted by molar-refractivity contribution is 0.0953. The zero-order valence-corrected chi connectivity index (χ0v) is 12.7. The van der Waals surface area contributed by atoms with Crippen LogP contribution in [0.3, 0.4) is 0 Å². The van der Waals surface area contributed by atoms with Crippen LogP contribution in [0.25, 0.3) is 11.5 Å². The van der Waals surface area contributed by atoms with Crippen molar-refractivity contribution >= 4 is 5.91 Å². The summed E-state index contributed by atoms with van der Waals surface area (Å²) < 4.78 is 5.56. The van der Waals surface area contributed by atoms with Crippen LogP contribution in [-0.4, -0.2) is 27.6 Å². The van der Waals surface area contributed by atoms with Crippen molar-refractivity contribution in [1.29, 1.82) is 0 Å². The van der Waals surface area contributed by atoms with E-state index in [2.05, 4.69) is 20.5 Å². The van der Waals surface area contributed by atoms with E-state index in [1.54, 1.807) is 30.6 Å². The van der Waals surface area contributed by atoms with Crippen molar-refractivity contribution in [3.63, 3.8) is 0 Å². The highest BCUT2D eigenvalue weighted by molar-refractivity contribution is 5.94. The van der Waals surface area contributed by atoms with Gasteiger partial charge in [-0.3, -0.25) is 9.78 Å². The average molecular weight is 308 g/mol. The summed E-state index contributed by atoms with van der Waals surface area (Å²) in [5, 5.41) is 10.8. The SMILES string of the molecule is Cc1ccc(C(=O)NCCc2nnc(-c3cccnc3)o2)cc1. The van der Waals surface area contributed by atoms with Crippen molar-refractivity contribution in [1.82, 2.24) is 20.5 Å². The summed E-state index contributed by atoms with van der Waals surface area (Å²) in [7, 11) is 0. The minimum atomic E-state index is -0.114. The van der Waals surface area contributed by atoms with Gasteiger partial charge >= 0.3 is 0 Å². The number of carbonyl (C=O) groups excluding carboxylic acids is 1. The molecule has 0 bridgehead atoms. The number of hydrogen-bond donors (Lipinski definition) is 1. The minimum Gasteiger partial charge on any atom is -0.421 e. The molecule has 2 aromatic heterocycles. The zero-order valence-electron chi connectivity index (χ0n) is 12.7. The van der Waals surface area contributed by atoms with Crippen LogP contribution in [0.2, 0.25) is 0 Å². The Bertz CT molecular complexity index is 782. The van der Waals surface area contributed by atoms with Crippen molar-refractivity contribution in [2.75, 3.05) is 6.54 Å². The summed E-state index contributed by atoms with van der Waals surface area (Å²) in [6, 6.07) is 11.1. The Morgan fingerprint density at radius 1 is 1.17 bits per heavy atom. The third-order valence-corrected chi connectivity index (χ3v) is 3.31. The molecule has 6 nitrogen and oxygen atoms in total. The molecule has 3 aromatic rings. The van der Waals surface area contributed by atoms with Crippen LogP contribution in [0.1, 0.15) is 21.8 Å². The fourth-order valence-electron chi connectivity index (χ4n) is 2.05. The van der Waals surface area contributed by atoms with Crippen molar-refractivity contribution < 1.29 is 9.21 Å².